The number of rotatable bonds is 6. The van der Waals surface area contributed by atoms with Crippen molar-refractivity contribution in [1.82, 2.24) is 15.2 Å². The molecule has 0 aliphatic carbocycles. The number of nitrogen functional groups attached to an aromatic ring is 1. The molecular formula is C20H24N4O5. The number of aliphatic carboxylic acids is 1. The number of hydrogen-bond acceptors (Lipinski definition) is 6. The summed E-state index contributed by atoms with van der Waals surface area (Å²) >= 11 is 0. The van der Waals surface area contributed by atoms with E-state index in [0.717, 1.165) is 10.8 Å². The van der Waals surface area contributed by atoms with E-state index >= 15 is 0 Å². The van der Waals surface area contributed by atoms with E-state index in [1.54, 1.807) is 42.3 Å². The van der Waals surface area contributed by atoms with E-state index in [9.17, 15) is 14.4 Å². The summed E-state index contributed by atoms with van der Waals surface area (Å²) in [6.45, 7) is 2.24. The fourth-order valence-corrected chi connectivity index (χ4v) is 3.39. The Morgan fingerprint density at radius 2 is 2.03 bits per heavy atom. The molecule has 3 rings (SSSR count). The van der Waals surface area contributed by atoms with Gasteiger partial charge in [0.2, 0.25) is 5.91 Å². The van der Waals surface area contributed by atoms with Crippen molar-refractivity contribution in [2.24, 2.45) is 0 Å². The number of aromatic nitrogens is 1. The molecule has 0 spiro atoms. The van der Waals surface area contributed by atoms with Crippen LogP contribution in [-0.4, -0.2) is 64.6 Å². The Labute approximate surface area is 167 Å². The highest BCUT2D eigenvalue weighted by Crippen LogP contribution is 2.20. The molecule has 0 saturated carbocycles. The topological polar surface area (TPSA) is 135 Å². The summed E-state index contributed by atoms with van der Waals surface area (Å²) in [6.07, 6.45) is 2.55. The van der Waals surface area contributed by atoms with Crippen molar-refractivity contribution in [3.8, 4) is 0 Å². The van der Waals surface area contributed by atoms with E-state index in [2.05, 4.69) is 10.3 Å². The van der Waals surface area contributed by atoms with Crippen LogP contribution in [0.2, 0.25) is 0 Å². The van der Waals surface area contributed by atoms with Gasteiger partial charge >= 0.3 is 5.97 Å². The van der Waals surface area contributed by atoms with Gasteiger partial charge in [-0.25, -0.2) is 9.78 Å². The number of carbonyl (C=O) groups is 3. The fraction of sp³-hybridized carbons (Fsp3) is 0.400. The Kier molecular flexibility index (Phi) is 6.28. The zero-order valence-corrected chi connectivity index (χ0v) is 16.1. The summed E-state index contributed by atoms with van der Waals surface area (Å²) in [5.74, 6) is -1.13. The van der Waals surface area contributed by atoms with E-state index in [0.29, 0.717) is 37.3 Å². The second kappa shape index (κ2) is 8.87. The van der Waals surface area contributed by atoms with Crippen LogP contribution in [0.15, 0.2) is 30.5 Å². The normalized spacial score (nSPS) is 15.8. The van der Waals surface area contributed by atoms with Crippen LogP contribution in [0.4, 0.5) is 5.82 Å². The van der Waals surface area contributed by atoms with Crippen LogP contribution in [-0.2, 0) is 14.3 Å². The van der Waals surface area contributed by atoms with Gasteiger partial charge in [-0.1, -0.05) is 0 Å². The number of likely N-dealkylation sites (tertiary alicyclic amines) is 1. The Balaban J connectivity index is 1.56. The van der Waals surface area contributed by atoms with E-state index in [1.807, 2.05) is 0 Å². The lowest BCUT2D eigenvalue weighted by Crippen LogP contribution is -2.50. The first-order chi connectivity index (χ1) is 13.8. The molecule has 1 aromatic carbocycles. The Bertz CT molecular complexity index is 924. The van der Waals surface area contributed by atoms with E-state index in [-0.39, 0.29) is 24.5 Å². The maximum atomic E-state index is 12.6. The number of ether oxygens (including phenoxy) is 1. The third kappa shape index (κ3) is 5.00. The second-order valence-electron chi connectivity index (χ2n) is 7.06. The highest BCUT2D eigenvalue weighted by molar-refractivity contribution is 6.02. The van der Waals surface area contributed by atoms with Crippen molar-refractivity contribution < 1.29 is 24.2 Å². The summed E-state index contributed by atoms with van der Waals surface area (Å²) in [7, 11) is 0. The number of carbonyl (C=O) groups excluding carboxylic acids is 2. The molecule has 1 atom stereocenters. The lowest BCUT2D eigenvalue weighted by molar-refractivity contribution is -0.147. The van der Waals surface area contributed by atoms with Gasteiger partial charge in [0.05, 0.1) is 6.10 Å². The number of nitrogens with zero attached hydrogens (tertiary/aromatic N) is 2. The second-order valence-corrected chi connectivity index (χ2v) is 7.06. The molecule has 29 heavy (non-hydrogen) atoms. The minimum Gasteiger partial charge on any atom is -0.480 e. The largest absolute Gasteiger partial charge is 0.480 e. The monoisotopic (exact) mass is 400 g/mol. The lowest BCUT2D eigenvalue weighted by atomic mass is 10.1. The number of nitrogens with one attached hydrogen (secondary N) is 1. The molecule has 1 saturated heterocycles. The van der Waals surface area contributed by atoms with Crippen LogP contribution in [0.25, 0.3) is 10.8 Å². The van der Waals surface area contributed by atoms with Crippen LogP contribution in [0, 0.1) is 0 Å². The molecule has 1 aliphatic rings. The van der Waals surface area contributed by atoms with E-state index in [4.69, 9.17) is 15.6 Å². The first kappa shape index (κ1) is 20.5. The van der Waals surface area contributed by atoms with Crippen molar-refractivity contribution in [2.75, 3.05) is 25.4 Å². The van der Waals surface area contributed by atoms with Crippen molar-refractivity contribution in [1.29, 1.82) is 0 Å². The molecule has 2 amide bonds. The number of piperidine rings is 1. The molecule has 1 aromatic heterocycles. The molecule has 0 bridgehead atoms. The molecule has 2 heterocycles. The van der Waals surface area contributed by atoms with Gasteiger partial charge in [0.1, 0.15) is 18.5 Å². The minimum atomic E-state index is -1.01. The maximum Gasteiger partial charge on any atom is 0.329 e. The summed E-state index contributed by atoms with van der Waals surface area (Å²) in [5, 5.41) is 13.0. The van der Waals surface area contributed by atoms with Crippen LogP contribution in [0.3, 0.4) is 0 Å². The fourth-order valence-electron chi connectivity index (χ4n) is 3.39. The number of anilines is 1. The van der Waals surface area contributed by atoms with Gasteiger partial charge in [-0.2, -0.15) is 0 Å². The zero-order chi connectivity index (χ0) is 21.0. The van der Waals surface area contributed by atoms with Crippen LogP contribution >= 0.6 is 0 Å². The molecule has 154 valence electrons. The van der Waals surface area contributed by atoms with Gasteiger partial charge in [0.15, 0.2) is 0 Å². The number of fused-ring (bicyclic) bond motifs is 1. The molecule has 0 radical (unpaired) electrons. The molecule has 9 nitrogen and oxygen atoms in total. The zero-order valence-electron chi connectivity index (χ0n) is 16.1. The van der Waals surface area contributed by atoms with Crippen molar-refractivity contribution in [3.05, 3.63) is 36.0 Å². The molecule has 9 heteroatoms. The van der Waals surface area contributed by atoms with Gasteiger partial charge in [-0.15, -0.1) is 0 Å². The number of amides is 2. The van der Waals surface area contributed by atoms with Crippen LogP contribution < -0.4 is 11.1 Å². The molecule has 0 unspecified atom stereocenters. The third-order valence-electron chi connectivity index (χ3n) is 4.97. The molecule has 4 N–H and O–H groups in total. The molecule has 1 aliphatic heterocycles. The van der Waals surface area contributed by atoms with Crippen LogP contribution in [0.5, 0.6) is 0 Å². The smallest absolute Gasteiger partial charge is 0.329 e. The number of benzene rings is 1. The van der Waals surface area contributed by atoms with Gasteiger partial charge in [-0.3, -0.25) is 9.59 Å². The Hall–Kier alpha value is -3.20. The predicted octanol–water partition coefficient (Wildman–Crippen LogP) is 1.03. The molecule has 1 fully saturated rings. The average molecular weight is 400 g/mol. The highest BCUT2D eigenvalue weighted by atomic mass is 16.5. The van der Waals surface area contributed by atoms with E-state index in [1.165, 1.54) is 0 Å². The number of pyridine rings is 1. The van der Waals surface area contributed by atoms with Gasteiger partial charge in [0.25, 0.3) is 5.91 Å². The number of carboxylic acids is 1. The Morgan fingerprint density at radius 3 is 2.72 bits per heavy atom. The number of hydrogen-bond donors (Lipinski definition) is 3. The van der Waals surface area contributed by atoms with Gasteiger partial charge < -0.3 is 25.8 Å². The summed E-state index contributed by atoms with van der Waals surface area (Å²) in [4.78, 5) is 41.5. The van der Waals surface area contributed by atoms with Crippen LogP contribution in [0.1, 0.15) is 30.1 Å². The third-order valence-corrected chi connectivity index (χ3v) is 4.97. The van der Waals surface area contributed by atoms with E-state index < -0.39 is 12.0 Å². The summed E-state index contributed by atoms with van der Waals surface area (Å²) in [6, 6.07) is 6.19. The summed E-state index contributed by atoms with van der Waals surface area (Å²) < 4.78 is 5.28. The standard InChI is InChI=1S/C20H24N4O5/c1-12(20(28)24-8-5-15(6-9-24)29-11-17(25)26)23-19(27)14-2-3-16-13(10-14)4-7-22-18(16)21/h2-4,7,10,12,15H,5-6,8-9,11H2,1H3,(H2,21,22)(H,23,27)(H,25,26)/t12-/m0/s1. The highest BCUT2D eigenvalue weighted by Gasteiger charge is 2.27. The molecular weight excluding hydrogens is 376 g/mol. The summed E-state index contributed by atoms with van der Waals surface area (Å²) in [5.41, 5.74) is 6.26. The quantitative estimate of drug-likeness (QED) is 0.659. The minimum absolute atomic E-state index is 0.167. The lowest BCUT2D eigenvalue weighted by Gasteiger charge is -2.33. The number of nitrogens with two attached hydrogens (primary N) is 1. The van der Waals surface area contributed by atoms with Crippen molar-refractivity contribution >= 4 is 34.4 Å². The van der Waals surface area contributed by atoms with Gasteiger partial charge in [0, 0.05) is 30.2 Å². The predicted molar refractivity (Wildman–Crippen MR) is 106 cm³/mol. The van der Waals surface area contributed by atoms with Crippen molar-refractivity contribution in [2.45, 2.75) is 31.9 Å². The first-order valence-corrected chi connectivity index (χ1v) is 9.42. The Morgan fingerprint density at radius 1 is 1.31 bits per heavy atom. The van der Waals surface area contributed by atoms with Gasteiger partial charge in [-0.05, 0) is 49.4 Å². The maximum absolute atomic E-state index is 12.6. The first-order valence-electron chi connectivity index (χ1n) is 9.42. The molecule has 2 aromatic rings. The average Bonchev–Trinajstić information content (AvgIpc) is 2.72. The number of carboxylic acid groups (broad SMARTS) is 1. The van der Waals surface area contributed by atoms with Crippen molar-refractivity contribution in [3.63, 3.8) is 0 Å². The SMILES string of the molecule is C[C@H](NC(=O)c1ccc2c(N)nccc2c1)C(=O)N1CCC(OCC(=O)O)CC1.